The van der Waals surface area contributed by atoms with Crippen LogP contribution < -0.4 is 5.32 Å². The topological polar surface area (TPSA) is 81.4 Å². The van der Waals surface area contributed by atoms with Crippen LogP contribution in [-0.2, 0) is 16.0 Å². The lowest BCUT2D eigenvalue weighted by Crippen LogP contribution is -2.21. The van der Waals surface area contributed by atoms with Crippen molar-refractivity contribution >= 4 is 28.5 Å². The molecule has 0 aliphatic rings. The molecule has 0 atom stereocenters. The summed E-state index contributed by atoms with van der Waals surface area (Å²) in [6, 6.07) is 20.1. The van der Waals surface area contributed by atoms with Crippen LogP contribution in [0.2, 0.25) is 0 Å². The molecule has 0 aliphatic carbocycles. The number of rotatable bonds is 6. The SMILES string of the molecule is CCc1ccccc1NC(=O)COC(=O)c1cc(-c2ccc(C)o2)nc2ccccc12. The number of anilines is 1. The molecule has 0 aliphatic heterocycles. The van der Waals surface area contributed by atoms with Gasteiger partial charge >= 0.3 is 5.97 Å². The number of carbonyl (C=O) groups is 2. The Morgan fingerprint density at radius 3 is 2.58 bits per heavy atom. The zero-order valence-corrected chi connectivity index (χ0v) is 17.3. The van der Waals surface area contributed by atoms with E-state index in [1.165, 1.54) is 0 Å². The van der Waals surface area contributed by atoms with Crippen LogP contribution in [0.25, 0.3) is 22.4 Å². The second-order valence-electron chi connectivity index (χ2n) is 7.12. The number of furan rings is 1. The number of amides is 1. The molecule has 0 saturated heterocycles. The molecule has 31 heavy (non-hydrogen) atoms. The number of carbonyl (C=O) groups excluding carboxylic acids is 2. The number of fused-ring (bicyclic) bond motifs is 1. The third-order valence-corrected chi connectivity index (χ3v) is 4.94. The van der Waals surface area contributed by atoms with Crippen LogP contribution in [-0.4, -0.2) is 23.5 Å². The number of esters is 1. The summed E-state index contributed by atoms with van der Waals surface area (Å²) in [6.45, 7) is 3.47. The largest absolute Gasteiger partial charge is 0.460 e. The molecular weight excluding hydrogens is 392 g/mol. The molecule has 6 nitrogen and oxygen atoms in total. The maximum atomic E-state index is 12.9. The summed E-state index contributed by atoms with van der Waals surface area (Å²) >= 11 is 0. The van der Waals surface area contributed by atoms with Gasteiger partial charge in [0.25, 0.3) is 5.91 Å². The molecular formula is C25H22N2O4. The number of para-hydroxylation sites is 2. The maximum Gasteiger partial charge on any atom is 0.339 e. The number of hydrogen-bond acceptors (Lipinski definition) is 5. The first-order chi connectivity index (χ1) is 15.0. The Labute approximate surface area is 179 Å². The number of ether oxygens (including phenoxy) is 1. The van der Waals surface area contributed by atoms with Gasteiger partial charge in [-0.1, -0.05) is 43.3 Å². The number of aryl methyl sites for hydroxylation is 2. The molecule has 6 heteroatoms. The number of nitrogens with zero attached hydrogens (tertiary/aromatic N) is 1. The lowest BCUT2D eigenvalue weighted by molar-refractivity contribution is -0.119. The molecule has 2 heterocycles. The zero-order chi connectivity index (χ0) is 21.8. The number of benzene rings is 2. The predicted molar refractivity (Wildman–Crippen MR) is 119 cm³/mol. The van der Waals surface area contributed by atoms with Crippen LogP contribution >= 0.6 is 0 Å². The van der Waals surface area contributed by atoms with Crippen molar-refractivity contribution in [3.05, 3.63) is 83.6 Å². The van der Waals surface area contributed by atoms with Crippen LogP contribution in [0.1, 0.15) is 28.6 Å². The van der Waals surface area contributed by atoms with Gasteiger partial charge in [-0.25, -0.2) is 9.78 Å². The van der Waals surface area contributed by atoms with Crippen LogP contribution in [0.3, 0.4) is 0 Å². The molecule has 1 amide bonds. The average Bonchev–Trinajstić information content (AvgIpc) is 3.23. The molecule has 4 rings (SSSR count). The quantitative estimate of drug-likeness (QED) is 0.441. The highest BCUT2D eigenvalue weighted by Gasteiger charge is 2.18. The minimum absolute atomic E-state index is 0.330. The Balaban J connectivity index is 1.55. The monoisotopic (exact) mass is 414 g/mol. The number of aromatic nitrogens is 1. The molecule has 156 valence electrons. The minimum Gasteiger partial charge on any atom is -0.460 e. The second kappa shape index (κ2) is 8.83. The van der Waals surface area contributed by atoms with Gasteiger partial charge in [0, 0.05) is 11.1 Å². The van der Waals surface area contributed by atoms with Gasteiger partial charge in [-0.2, -0.15) is 0 Å². The first-order valence-corrected chi connectivity index (χ1v) is 10.1. The summed E-state index contributed by atoms with van der Waals surface area (Å²) in [5, 5.41) is 3.45. The minimum atomic E-state index is -0.595. The third-order valence-electron chi connectivity index (χ3n) is 4.94. The van der Waals surface area contributed by atoms with Crippen molar-refractivity contribution in [2.45, 2.75) is 20.3 Å². The first kappa shape index (κ1) is 20.3. The number of hydrogen-bond donors (Lipinski definition) is 1. The molecule has 0 radical (unpaired) electrons. The molecule has 0 bridgehead atoms. The van der Waals surface area contributed by atoms with Crippen LogP contribution in [0.4, 0.5) is 5.69 Å². The summed E-state index contributed by atoms with van der Waals surface area (Å²) in [4.78, 5) is 29.8. The summed E-state index contributed by atoms with van der Waals surface area (Å²) in [5.74, 6) is 0.320. The van der Waals surface area contributed by atoms with Crippen molar-refractivity contribution in [3.63, 3.8) is 0 Å². The molecule has 1 N–H and O–H groups in total. The number of pyridine rings is 1. The summed E-state index contributed by atoms with van der Waals surface area (Å²) < 4.78 is 11.0. The molecule has 0 fully saturated rings. The Hall–Kier alpha value is -3.93. The fourth-order valence-electron chi connectivity index (χ4n) is 3.39. The second-order valence-corrected chi connectivity index (χ2v) is 7.12. The van der Waals surface area contributed by atoms with Crippen LogP contribution in [0.5, 0.6) is 0 Å². The lowest BCUT2D eigenvalue weighted by atomic mass is 10.1. The zero-order valence-electron chi connectivity index (χ0n) is 17.3. The number of nitrogens with one attached hydrogen (secondary N) is 1. The summed E-state index contributed by atoms with van der Waals surface area (Å²) in [6.07, 6.45) is 0.786. The smallest absolute Gasteiger partial charge is 0.339 e. The highest BCUT2D eigenvalue weighted by atomic mass is 16.5. The Kier molecular flexibility index (Phi) is 5.80. The summed E-state index contributed by atoms with van der Waals surface area (Å²) in [5.41, 5.74) is 3.23. The fraction of sp³-hybridized carbons (Fsp3) is 0.160. The molecule has 2 aromatic heterocycles. The molecule has 0 unspecified atom stereocenters. The van der Waals surface area contributed by atoms with Gasteiger partial charge < -0.3 is 14.5 Å². The molecule has 4 aromatic rings. The van der Waals surface area contributed by atoms with Crippen molar-refractivity contribution in [1.82, 2.24) is 4.98 Å². The third kappa shape index (κ3) is 4.48. The van der Waals surface area contributed by atoms with Crippen LogP contribution in [0, 0.1) is 6.92 Å². The van der Waals surface area contributed by atoms with Gasteiger partial charge in [-0.05, 0) is 49.2 Å². The lowest BCUT2D eigenvalue weighted by Gasteiger charge is -2.11. The normalized spacial score (nSPS) is 10.8. The van der Waals surface area contributed by atoms with Gasteiger partial charge in [0.2, 0.25) is 0 Å². The fourth-order valence-corrected chi connectivity index (χ4v) is 3.39. The van der Waals surface area contributed by atoms with Gasteiger partial charge in [0.05, 0.1) is 11.1 Å². The van der Waals surface area contributed by atoms with Gasteiger partial charge in [0.1, 0.15) is 11.5 Å². The van der Waals surface area contributed by atoms with Gasteiger partial charge in [-0.15, -0.1) is 0 Å². The first-order valence-electron chi connectivity index (χ1n) is 10.1. The van der Waals surface area contributed by atoms with E-state index < -0.39 is 11.9 Å². The van der Waals surface area contributed by atoms with E-state index in [4.69, 9.17) is 9.15 Å². The average molecular weight is 414 g/mol. The predicted octanol–water partition coefficient (Wildman–Crippen LogP) is 5.16. The van der Waals surface area contributed by atoms with E-state index in [0.29, 0.717) is 27.9 Å². The van der Waals surface area contributed by atoms with Crippen LogP contribution in [0.15, 0.2) is 71.1 Å². The van der Waals surface area contributed by atoms with Gasteiger partial charge in [0.15, 0.2) is 12.4 Å². The van der Waals surface area contributed by atoms with E-state index in [-0.39, 0.29) is 6.61 Å². The van der Waals surface area contributed by atoms with E-state index in [1.54, 1.807) is 18.2 Å². The summed E-state index contributed by atoms with van der Waals surface area (Å²) in [7, 11) is 0. The van der Waals surface area contributed by atoms with Gasteiger partial charge in [-0.3, -0.25) is 4.79 Å². The van der Waals surface area contributed by atoms with E-state index >= 15 is 0 Å². The maximum absolute atomic E-state index is 12.9. The molecule has 0 spiro atoms. The van der Waals surface area contributed by atoms with Crippen molar-refractivity contribution < 1.29 is 18.7 Å². The van der Waals surface area contributed by atoms with Crippen molar-refractivity contribution in [3.8, 4) is 11.5 Å². The molecule has 2 aromatic carbocycles. The Morgan fingerprint density at radius 2 is 1.81 bits per heavy atom. The Morgan fingerprint density at radius 1 is 1.03 bits per heavy atom. The van der Waals surface area contributed by atoms with Crippen molar-refractivity contribution in [2.75, 3.05) is 11.9 Å². The highest BCUT2D eigenvalue weighted by Crippen LogP contribution is 2.26. The Bertz CT molecular complexity index is 1260. The molecule has 0 saturated carbocycles. The van der Waals surface area contributed by atoms with Crippen molar-refractivity contribution in [2.24, 2.45) is 0 Å². The van der Waals surface area contributed by atoms with E-state index in [9.17, 15) is 9.59 Å². The standard InChI is InChI=1S/C25H22N2O4/c1-3-17-8-4-6-10-20(17)27-24(28)15-30-25(29)19-14-22(23-13-12-16(2)31-23)26-21-11-7-5-9-18(19)21/h4-14H,3,15H2,1-2H3,(H,27,28). The van der Waals surface area contributed by atoms with E-state index in [2.05, 4.69) is 10.3 Å². The van der Waals surface area contributed by atoms with Crippen molar-refractivity contribution in [1.29, 1.82) is 0 Å². The highest BCUT2D eigenvalue weighted by molar-refractivity contribution is 6.05. The van der Waals surface area contributed by atoms with E-state index in [1.807, 2.05) is 62.4 Å². The van der Waals surface area contributed by atoms with E-state index in [0.717, 1.165) is 23.4 Å².